The van der Waals surface area contributed by atoms with Crippen molar-refractivity contribution < 1.29 is 5.11 Å². The summed E-state index contributed by atoms with van der Waals surface area (Å²) < 4.78 is 1.98. The van der Waals surface area contributed by atoms with Gasteiger partial charge in [-0.2, -0.15) is 0 Å². The molecule has 0 saturated carbocycles. The number of anilines is 1. The average Bonchev–Trinajstić information content (AvgIpc) is 3.02. The standard InChI is InChI=1S/C14H19N3O/c1-2-11-6-8-16(9-11)14-12(10-18)17-7-4-3-5-13(17)15-14/h3-5,7,11,18H,2,6,8-10H2,1H3. The second kappa shape index (κ2) is 4.61. The zero-order valence-corrected chi connectivity index (χ0v) is 10.7. The number of rotatable bonds is 3. The summed E-state index contributed by atoms with van der Waals surface area (Å²) >= 11 is 0. The van der Waals surface area contributed by atoms with E-state index in [9.17, 15) is 5.11 Å². The van der Waals surface area contributed by atoms with Crippen molar-refractivity contribution in [3.63, 3.8) is 0 Å². The zero-order chi connectivity index (χ0) is 12.5. The van der Waals surface area contributed by atoms with E-state index >= 15 is 0 Å². The van der Waals surface area contributed by atoms with Gasteiger partial charge in [-0.1, -0.05) is 19.4 Å². The molecule has 0 spiro atoms. The molecule has 1 aliphatic heterocycles. The van der Waals surface area contributed by atoms with E-state index in [4.69, 9.17) is 0 Å². The Hall–Kier alpha value is -1.55. The lowest BCUT2D eigenvalue weighted by Crippen LogP contribution is -2.21. The fourth-order valence-electron chi connectivity index (χ4n) is 2.79. The number of hydrogen-bond acceptors (Lipinski definition) is 3. The molecule has 3 heterocycles. The predicted molar refractivity (Wildman–Crippen MR) is 71.7 cm³/mol. The van der Waals surface area contributed by atoms with Gasteiger partial charge in [0.2, 0.25) is 0 Å². The first-order valence-electron chi connectivity index (χ1n) is 6.65. The van der Waals surface area contributed by atoms with Crippen molar-refractivity contribution in [2.24, 2.45) is 5.92 Å². The fraction of sp³-hybridized carbons (Fsp3) is 0.500. The van der Waals surface area contributed by atoms with Gasteiger partial charge >= 0.3 is 0 Å². The van der Waals surface area contributed by atoms with Crippen LogP contribution in [0.1, 0.15) is 25.5 Å². The second-order valence-corrected chi connectivity index (χ2v) is 4.98. The summed E-state index contributed by atoms with van der Waals surface area (Å²) in [5, 5.41) is 9.60. The Morgan fingerprint density at radius 1 is 1.44 bits per heavy atom. The maximum absolute atomic E-state index is 9.60. The maximum Gasteiger partial charge on any atom is 0.153 e. The molecule has 1 unspecified atom stereocenters. The first kappa shape index (κ1) is 11.5. The van der Waals surface area contributed by atoms with E-state index in [1.165, 1.54) is 12.8 Å². The van der Waals surface area contributed by atoms with E-state index < -0.39 is 0 Å². The minimum atomic E-state index is 0.0355. The van der Waals surface area contributed by atoms with Gasteiger partial charge in [-0.3, -0.25) is 4.40 Å². The van der Waals surface area contributed by atoms with E-state index in [1.807, 2.05) is 28.8 Å². The highest BCUT2D eigenvalue weighted by Crippen LogP contribution is 2.28. The van der Waals surface area contributed by atoms with Crippen molar-refractivity contribution in [2.45, 2.75) is 26.4 Å². The predicted octanol–water partition coefficient (Wildman–Crippen LogP) is 2.06. The van der Waals surface area contributed by atoms with Gasteiger partial charge in [-0.05, 0) is 24.5 Å². The van der Waals surface area contributed by atoms with Crippen LogP contribution in [0.5, 0.6) is 0 Å². The van der Waals surface area contributed by atoms with Crippen molar-refractivity contribution in [2.75, 3.05) is 18.0 Å². The lowest BCUT2D eigenvalue weighted by atomic mass is 10.1. The minimum absolute atomic E-state index is 0.0355. The number of aliphatic hydroxyl groups is 1. The monoisotopic (exact) mass is 245 g/mol. The van der Waals surface area contributed by atoms with Crippen molar-refractivity contribution >= 4 is 11.5 Å². The van der Waals surface area contributed by atoms with Crippen LogP contribution >= 0.6 is 0 Å². The van der Waals surface area contributed by atoms with E-state index in [0.717, 1.165) is 36.2 Å². The molecule has 0 bridgehead atoms. The van der Waals surface area contributed by atoms with E-state index in [0.29, 0.717) is 0 Å². The van der Waals surface area contributed by atoms with Crippen LogP contribution in [0.4, 0.5) is 5.82 Å². The molecule has 1 fully saturated rings. The third kappa shape index (κ3) is 1.77. The summed E-state index contributed by atoms with van der Waals surface area (Å²) in [7, 11) is 0. The molecule has 0 amide bonds. The van der Waals surface area contributed by atoms with Crippen molar-refractivity contribution in [3.05, 3.63) is 30.1 Å². The fourth-order valence-corrected chi connectivity index (χ4v) is 2.79. The molecule has 1 N–H and O–H groups in total. The van der Waals surface area contributed by atoms with Crippen LogP contribution in [-0.2, 0) is 6.61 Å². The molecule has 18 heavy (non-hydrogen) atoms. The highest BCUT2D eigenvalue weighted by atomic mass is 16.3. The summed E-state index contributed by atoms with van der Waals surface area (Å²) in [4.78, 5) is 6.98. The van der Waals surface area contributed by atoms with Crippen LogP contribution in [0.15, 0.2) is 24.4 Å². The smallest absolute Gasteiger partial charge is 0.153 e. The first-order chi connectivity index (χ1) is 8.83. The van der Waals surface area contributed by atoms with Gasteiger partial charge in [0.25, 0.3) is 0 Å². The maximum atomic E-state index is 9.60. The number of pyridine rings is 1. The Morgan fingerprint density at radius 3 is 3.06 bits per heavy atom. The molecule has 1 saturated heterocycles. The van der Waals surface area contributed by atoms with Crippen LogP contribution in [0, 0.1) is 5.92 Å². The highest BCUT2D eigenvalue weighted by Gasteiger charge is 2.25. The van der Waals surface area contributed by atoms with Gasteiger partial charge in [0.15, 0.2) is 5.82 Å². The molecule has 4 heteroatoms. The molecule has 4 nitrogen and oxygen atoms in total. The molecule has 0 radical (unpaired) electrons. The van der Waals surface area contributed by atoms with Crippen molar-refractivity contribution in [1.29, 1.82) is 0 Å². The second-order valence-electron chi connectivity index (χ2n) is 4.98. The van der Waals surface area contributed by atoms with Crippen molar-refractivity contribution in [3.8, 4) is 0 Å². The number of imidazole rings is 1. The summed E-state index contributed by atoms with van der Waals surface area (Å²) in [5.41, 5.74) is 1.82. The lowest BCUT2D eigenvalue weighted by Gasteiger charge is -2.16. The van der Waals surface area contributed by atoms with Crippen LogP contribution in [-0.4, -0.2) is 27.6 Å². The number of aromatic nitrogens is 2. The number of nitrogens with zero attached hydrogens (tertiary/aromatic N) is 3. The Kier molecular flexibility index (Phi) is 2.96. The Bertz CT molecular complexity index is 549. The van der Waals surface area contributed by atoms with Gasteiger partial charge in [0.05, 0.1) is 12.3 Å². The summed E-state index contributed by atoms with van der Waals surface area (Å²) in [6.45, 7) is 4.39. The molecule has 1 atom stereocenters. The van der Waals surface area contributed by atoms with Gasteiger partial charge in [0.1, 0.15) is 5.65 Å². The highest BCUT2D eigenvalue weighted by molar-refractivity contribution is 5.56. The average molecular weight is 245 g/mol. The number of fused-ring (bicyclic) bond motifs is 1. The quantitative estimate of drug-likeness (QED) is 0.900. The minimum Gasteiger partial charge on any atom is -0.390 e. The molecule has 1 aliphatic rings. The molecule has 2 aromatic rings. The zero-order valence-electron chi connectivity index (χ0n) is 10.7. The molecular formula is C14H19N3O. The Labute approximate surface area is 107 Å². The third-order valence-corrected chi connectivity index (χ3v) is 3.92. The Morgan fingerprint density at radius 2 is 2.33 bits per heavy atom. The Balaban J connectivity index is 2.01. The number of hydrogen-bond donors (Lipinski definition) is 1. The van der Waals surface area contributed by atoms with E-state index in [1.54, 1.807) is 0 Å². The lowest BCUT2D eigenvalue weighted by molar-refractivity contribution is 0.276. The van der Waals surface area contributed by atoms with Crippen LogP contribution in [0.2, 0.25) is 0 Å². The molecule has 96 valence electrons. The normalized spacial score (nSPS) is 19.9. The largest absolute Gasteiger partial charge is 0.390 e. The van der Waals surface area contributed by atoms with Crippen molar-refractivity contribution in [1.82, 2.24) is 9.38 Å². The van der Waals surface area contributed by atoms with E-state index in [2.05, 4.69) is 16.8 Å². The summed E-state index contributed by atoms with van der Waals surface area (Å²) in [6.07, 6.45) is 4.42. The number of aliphatic hydroxyl groups excluding tert-OH is 1. The summed E-state index contributed by atoms with van der Waals surface area (Å²) in [5.74, 6) is 1.72. The van der Waals surface area contributed by atoms with Gasteiger partial charge < -0.3 is 10.0 Å². The van der Waals surface area contributed by atoms with E-state index in [-0.39, 0.29) is 6.61 Å². The topological polar surface area (TPSA) is 40.8 Å². The van der Waals surface area contributed by atoms with Gasteiger partial charge in [-0.15, -0.1) is 0 Å². The van der Waals surface area contributed by atoms with Gasteiger partial charge in [-0.25, -0.2) is 4.98 Å². The summed E-state index contributed by atoms with van der Waals surface area (Å²) in [6, 6.07) is 5.93. The molecule has 0 aliphatic carbocycles. The van der Waals surface area contributed by atoms with Crippen LogP contribution in [0.25, 0.3) is 5.65 Å². The first-order valence-corrected chi connectivity index (χ1v) is 6.65. The van der Waals surface area contributed by atoms with Crippen LogP contribution < -0.4 is 4.90 Å². The molecular weight excluding hydrogens is 226 g/mol. The van der Waals surface area contributed by atoms with Crippen LogP contribution in [0.3, 0.4) is 0 Å². The molecule has 3 rings (SSSR count). The third-order valence-electron chi connectivity index (χ3n) is 3.92. The van der Waals surface area contributed by atoms with Gasteiger partial charge in [0, 0.05) is 19.3 Å². The SMILES string of the molecule is CCC1CCN(c2nc3ccccn3c2CO)C1. The molecule has 0 aromatic carbocycles. The molecule has 2 aromatic heterocycles.